The van der Waals surface area contributed by atoms with Gasteiger partial charge in [-0.2, -0.15) is 0 Å². The molecule has 0 aromatic heterocycles. The van der Waals surface area contributed by atoms with Gasteiger partial charge in [-0.05, 0) is 56.0 Å². The molecule has 2 heteroatoms. The van der Waals surface area contributed by atoms with E-state index in [0.717, 1.165) is 35.8 Å². The smallest absolute Gasteiger partial charge is 0.0140 e. The molecule has 3 rings (SSSR count). The minimum absolute atomic E-state index is 0.883. The van der Waals surface area contributed by atoms with E-state index in [9.17, 15) is 0 Å². The lowest BCUT2D eigenvalue weighted by molar-refractivity contribution is 0.0374. The van der Waals surface area contributed by atoms with Crippen LogP contribution in [-0.4, -0.2) is 36.6 Å². The molecule has 0 bridgehead atoms. The van der Waals surface area contributed by atoms with Gasteiger partial charge in [0.2, 0.25) is 0 Å². The third-order valence-electron chi connectivity index (χ3n) is 5.74. The van der Waals surface area contributed by atoms with Gasteiger partial charge in [-0.3, -0.25) is 4.90 Å². The van der Waals surface area contributed by atoms with E-state index in [0.29, 0.717) is 0 Å². The van der Waals surface area contributed by atoms with Crippen LogP contribution in [-0.2, 0) is 0 Å². The fraction of sp³-hybridized carbons (Fsp3) is 1.00. The summed E-state index contributed by atoms with van der Waals surface area (Å²) in [5, 5.41) is 3.58. The Morgan fingerprint density at radius 1 is 1.24 bits per heavy atom. The number of fused-ring (bicyclic) bond motifs is 1. The van der Waals surface area contributed by atoms with Gasteiger partial charge in [0, 0.05) is 18.6 Å². The molecule has 3 fully saturated rings. The van der Waals surface area contributed by atoms with Crippen molar-refractivity contribution in [2.24, 2.45) is 23.7 Å². The van der Waals surface area contributed by atoms with Crippen LogP contribution in [0.3, 0.4) is 0 Å². The number of nitrogens with zero attached hydrogens (tertiary/aromatic N) is 1. The molecule has 98 valence electrons. The second-order valence-corrected chi connectivity index (χ2v) is 6.88. The predicted molar refractivity (Wildman–Crippen MR) is 72.0 cm³/mol. The number of rotatable bonds is 3. The average Bonchev–Trinajstić information content (AvgIpc) is 2.74. The van der Waals surface area contributed by atoms with Crippen LogP contribution in [0.5, 0.6) is 0 Å². The monoisotopic (exact) mass is 236 g/mol. The Hall–Kier alpha value is -0.0800. The highest BCUT2D eigenvalue weighted by molar-refractivity contribution is 5.02. The van der Waals surface area contributed by atoms with Crippen LogP contribution in [0, 0.1) is 23.7 Å². The van der Waals surface area contributed by atoms with Gasteiger partial charge in [0.1, 0.15) is 0 Å². The van der Waals surface area contributed by atoms with E-state index >= 15 is 0 Å². The first-order chi connectivity index (χ1) is 8.20. The molecule has 2 heterocycles. The lowest BCUT2D eigenvalue weighted by Gasteiger charge is -2.46. The third-order valence-corrected chi connectivity index (χ3v) is 5.74. The van der Waals surface area contributed by atoms with Crippen LogP contribution >= 0.6 is 0 Å². The van der Waals surface area contributed by atoms with Crippen LogP contribution in [0.15, 0.2) is 0 Å². The maximum atomic E-state index is 3.58. The van der Waals surface area contributed by atoms with Crippen molar-refractivity contribution in [3.8, 4) is 0 Å². The minimum atomic E-state index is 0.883. The lowest BCUT2D eigenvalue weighted by atomic mass is 9.72. The standard InChI is InChI=1S/C15H28N2/c1-4-15-14-8-16-7-12(14)9-17(15)13-5-11(6-13)10(2)3/h10-16H,4-9H2,1-3H3. The number of hydrogen-bond acceptors (Lipinski definition) is 2. The third kappa shape index (κ3) is 1.94. The van der Waals surface area contributed by atoms with Gasteiger partial charge in [0.05, 0.1) is 0 Å². The SMILES string of the molecule is CCC1C2CNCC2CN1C1CC(C(C)C)C1. The van der Waals surface area contributed by atoms with E-state index < -0.39 is 0 Å². The molecule has 0 aromatic carbocycles. The second kappa shape index (κ2) is 4.55. The Morgan fingerprint density at radius 3 is 2.65 bits per heavy atom. The maximum Gasteiger partial charge on any atom is 0.0140 e. The molecular formula is C15H28N2. The molecule has 0 radical (unpaired) electrons. The summed E-state index contributed by atoms with van der Waals surface area (Å²) in [6, 6.07) is 1.81. The largest absolute Gasteiger partial charge is 0.316 e. The van der Waals surface area contributed by atoms with Crippen molar-refractivity contribution in [1.29, 1.82) is 0 Å². The molecule has 1 saturated carbocycles. The minimum Gasteiger partial charge on any atom is -0.316 e. The quantitative estimate of drug-likeness (QED) is 0.809. The summed E-state index contributed by atoms with van der Waals surface area (Å²) in [6.07, 6.45) is 4.30. The Balaban J connectivity index is 1.61. The first kappa shape index (κ1) is 12.0. The van der Waals surface area contributed by atoms with Crippen LogP contribution in [0.2, 0.25) is 0 Å². The van der Waals surface area contributed by atoms with Gasteiger partial charge >= 0.3 is 0 Å². The topological polar surface area (TPSA) is 15.3 Å². The predicted octanol–water partition coefficient (Wildman–Crippen LogP) is 2.35. The first-order valence-electron chi connectivity index (χ1n) is 7.67. The summed E-state index contributed by atoms with van der Waals surface area (Å²) in [5.74, 6) is 3.82. The van der Waals surface area contributed by atoms with E-state index in [1.807, 2.05) is 0 Å². The molecule has 3 unspecified atom stereocenters. The fourth-order valence-corrected chi connectivity index (χ4v) is 4.46. The van der Waals surface area contributed by atoms with Gasteiger partial charge < -0.3 is 5.32 Å². The highest BCUT2D eigenvalue weighted by atomic mass is 15.2. The Labute approximate surface area is 106 Å². The molecule has 3 aliphatic rings. The Morgan fingerprint density at radius 2 is 2.00 bits per heavy atom. The van der Waals surface area contributed by atoms with Crippen molar-refractivity contribution in [1.82, 2.24) is 10.2 Å². The van der Waals surface area contributed by atoms with Crippen molar-refractivity contribution in [3.05, 3.63) is 0 Å². The summed E-state index contributed by atoms with van der Waals surface area (Å²) in [5.41, 5.74) is 0. The summed E-state index contributed by atoms with van der Waals surface area (Å²) in [4.78, 5) is 2.88. The van der Waals surface area contributed by atoms with Crippen LogP contribution < -0.4 is 5.32 Å². The highest BCUT2D eigenvalue weighted by Crippen LogP contribution is 2.43. The zero-order valence-electron chi connectivity index (χ0n) is 11.7. The summed E-state index contributed by atoms with van der Waals surface area (Å²) in [6.45, 7) is 11.1. The number of nitrogens with one attached hydrogen (secondary N) is 1. The van der Waals surface area contributed by atoms with Crippen molar-refractivity contribution < 1.29 is 0 Å². The molecule has 3 atom stereocenters. The van der Waals surface area contributed by atoms with Crippen LogP contribution in [0.4, 0.5) is 0 Å². The summed E-state index contributed by atoms with van der Waals surface area (Å²) >= 11 is 0. The van der Waals surface area contributed by atoms with Crippen LogP contribution in [0.25, 0.3) is 0 Å². The zero-order valence-corrected chi connectivity index (χ0v) is 11.7. The molecule has 2 aliphatic heterocycles. The number of hydrogen-bond donors (Lipinski definition) is 1. The van der Waals surface area contributed by atoms with Gasteiger partial charge in [0.15, 0.2) is 0 Å². The molecule has 2 saturated heterocycles. The van der Waals surface area contributed by atoms with Crippen molar-refractivity contribution >= 4 is 0 Å². The van der Waals surface area contributed by atoms with Crippen molar-refractivity contribution in [2.75, 3.05) is 19.6 Å². The molecule has 0 spiro atoms. The molecule has 0 amide bonds. The molecule has 17 heavy (non-hydrogen) atoms. The average molecular weight is 236 g/mol. The van der Waals surface area contributed by atoms with E-state index in [1.54, 1.807) is 0 Å². The Kier molecular flexibility index (Phi) is 3.20. The summed E-state index contributed by atoms with van der Waals surface area (Å²) in [7, 11) is 0. The first-order valence-corrected chi connectivity index (χ1v) is 7.67. The van der Waals surface area contributed by atoms with Crippen molar-refractivity contribution in [2.45, 2.75) is 52.1 Å². The lowest BCUT2D eigenvalue weighted by Crippen LogP contribution is -2.49. The van der Waals surface area contributed by atoms with E-state index in [-0.39, 0.29) is 0 Å². The van der Waals surface area contributed by atoms with Crippen molar-refractivity contribution in [3.63, 3.8) is 0 Å². The summed E-state index contributed by atoms with van der Waals surface area (Å²) < 4.78 is 0. The normalized spacial score (nSPS) is 46.2. The van der Waals surface area contributed by atoms with Crippen LogP contribution in [0.1, 0.15) is 40.0 Å². The van der Waals surface area contributed by atoms with Gasteiger partial charge in [-0.1, -0.05) is 20.8 Å². The second-order valence-electron chi connectivity index (χ2n) is 6.88. The van der Waals surface area contributed by atoms with Gasteiger partial charge in [-0.15, -0.1) is 0 Å². The fourth-order valence-electron chi connectivity index (χ4n) is 4.46. The Bertz CT molecular complexity index is 270. The van der Waals surface area contributed by atoms with E-state index in [1.165, 1.54) is 38.9 Å². The number of likely N-dealkylation sites (tertiary alicyclic amines) is 1. The molecule has 1 N–H and O–H groups in total. The highest BCUT2D eigenvalue weighted by Gasteiger charge is 2.48. The van der Waals surface area contributed by atoms with Gasteiger partial charge in [-0.25, -0.2) is 0 Å². The maximum absolute atomic E-state index is 3.58. The zero-order chi connectivity index (χ0) is 12.0. The molecule has 2 nitrogen and oxygen atoms in total. The van der Waals surface area contributed by atoms with E-state index in [2.05, 4.69) is 31.0 Å². The van der Waals surface area contributed by atoms with E-state index in [4.69, 9.17) is 0 Å². The molecular weight excluding hydrogens is 208 g/mol. The molecule has 1 aliphatic carbocycles. The van der Waals surface area contributed by atoms with Gasteiger partial charge in [0.25, 0.3) is 0 Å². The molecule has 0 aromatic rings.